The Labute approximate surface area is 159 Å². The highest BCUT2D eigenvalue weighted by atomic mass is 16.5. The van der Waals surface area contributed by atoms with Crippen molar-refractivity contribution >= 4 is 12.3 Å². The highest BCUT2D eigenvalue weighted by Crippen LogP contribution is 2.13. The van der Waals surface area contributed by atoms with Crippen LogP contribution in [0.3, 0.4) is 0 Å². The molecule has 0 aliphatic carbocycles. The fourth-order valence-corrected chi connectivity index (χ4v) is 3.04. The first-order valence-corrected chi connectivity index (χ1v) is 10.4. The summed E-state index contributed by atoms with van der Waals surface area (Å²) in [7, 11) is 0. The van der Waals surface area contributed by atoms with Crippen LogP contribution in [0.15, 0.2) is 30.3 Å². The minimum absolute atomic E-state index is 0.0834. The number of carbonyl (C=O) groups is 1. The van der Waals surface area contributed by atoms with Gasteiger partial charge in [0.05, 0.1) is 0 Å². The van der Waals surface area contributed by atoms with Gasteiger partial charge in [0, 0.05) is 12.8 Å². The Morgan fingerprint density at radius 3 is 1.77 bits per heavy atom. The number of hydrogen-bond donors (Lipinski definition) is 0. The summed E-state index contributed by atoms with van der Waals surface area (Å²) in [6, 6.07) is 9.82. The SMILES string of the molecule is O=[C]CCCCCCCCCCCCCCC(=O)OCc1ccccc1. The van der Waals surface area contributed by atoms with Crippen LogP contribution in [-0.2, 0) is 20.9 Å². The Bertz CT molecular complexity index is 456. The van der Waals surface area contributed by atoms with Gasteiger partial charge in [0.2, 0.25) is 0 Å². The van der Waals surface area contributed by atoms with Gasteiger partial charge in [0.15, 0.2) is 6.29 Å². The molecular weight excluding hydrogens is 324 g/mol. The van der Waals surface area contributed by atoms with E-state index in [9.17, 15) is 9.59 Å². The summed E-state index contributed by atoms with van der Waals surface area (Å²) >= 11 is 0. The summed E-state index contributed by atoms with van der Waals surface area (Å²) in [5, 5.41) is 0. The van der Waals surface area contributed by atoms with Crippen LogP contribution in [0.25, 0.3) is 0 Å². The van der Waals surface area contributed by atoms with E-state index in [0.29, 0.717) is 19.4 Å². The first-order valence-electron chi connectivity index (χ1n) is 10.4. The van der Waals surface area contributed by atoms with Crippen molar-refractivity contribution in [2.75, 3.05) is 0 Å². The Morgan fingerprint density at radius 2 is 1.23 bits per heavy atom. The normalized spacial score (nSPS) is 10.6. The Balaban J connectivity index is 1.79. The fraction of sp³-hybridized carbons (Fsp3) is 0.652. The molecule has 0 N–H and O–H groups in total. The molecule has 0 aromatic heterocycles. The quantitative estimate of drug-likeness (QED) is 0.242. The van der Waals surface area contributed by atoms with Crippen LogP contribution in [0, 0.1) is 0 Å². The lowest BCUT2D eigenvalue weighted by atomic mass is 10.0. The second-order valence-corrected chi connectivity index (χ2v) is 7.03. The molecule has 145 valence electrons. The summed E-state index contributed by atoms with van der Waals surface area (Å²) in [4.78, 5) is 21.8. The summed E-state index contributed by atoms with van der Waals surface area (Å²) in [6.45, 7) is 0.384. The number of ether oxygens (including phenoxy) is 1. The molecule has 3 nitrogen and oxygen atoms in total. The molecule has 1 aromatic carbocycles. The van der Waals surface area contributed by atoms with E-state index in [1.165, 1.54) is 57.8 Å². The molecule has 0 saturated heterocycles. The van der Waals surface area contributed by atoms with Gasteiger partial charge in [-0.05, 0) is 18.4 Å². The fourth-order valence-electron chi connectivity index (χ4n) is 3.04. The van der Waals surface area contributed by atoms with Crippen LogP contribution in [0.5, 0.6) is 0 Å². The first kappa shape index (κ1) is 22.4. The number of rotatable bonds is 17. The van der Waals surface area contributed by atoms with E-state index in [1.807, 2.05) is 36.6 Å². The molecule has 0 unspecified atom stereocenters. The van der Waals surface area contributed by atoms with Crippen LogP contribution in [-0.4, -0.2) is 12.3 Å². The van der Waals surface area contributed by atoms with Crippen LogP contribution in [0.1, 0.15) is 95.5 Å². The van der Waals surface area contributed by atoms with Gasteiger partial charge in [0.1, 0.15) is 6.61 Å². The van der Waals surface area contributed by atoms with Crippen LogP contribution in [0.4, 0.5) is 0 Å². The third kappa shape index (κ3) is 13.6. The van der Waals surface area contributed by atoms with Gasteiger partial charge >= 0.3 is 5.97 Å². The van der Waals surface area contributed by atoms with Gasteiger partial charge in [0.25, 0.3) is 0 Å². The van der Waals surface area contributed by atoms with Gasteiger partial charge in [-0.15, -0.1) is 0 Å². The molecule has 0 spiro atoms. The molecule has 0 fully saturated rings. The lowest BCUT2D eigenvalue weighted by Gasteiger charge is -2.05. The average Bonchev–Trinajstić information content (AvgIpc) is 2.67. The monoisotopic (exact) mass is 359 g/mol. The van der Waals surface area contributed by atoms with E-state index in [4.69, 9.17) is 4.74 Å². The molecule has 0 amide bonds. The Hall–Kier alpha value is -1.64. The minimum Gasteiger partial charge on any atom is -0.461 e. The number of unbranched alkanes of at least 4 members (excludes halogenated alkanes) is 12. The highest BCUT2D eigenvalue weighted by Gasteiger charge is 2.03. The van der Waals surface area contributed by atoms with Crippen molar-refractivity contribution in [3.63, 3.8) is 0 Å². The zero-order valence-electron chi connectivity index (χ0n) is 16.2. The number of esters is 1. The predicted octanol–water partition coefficient (Wildman–Crippen LogP) is 6.30. The maximum atomic E-state index is 11.7. The molecule has 0 atom stereocenters. The smallest absolute Gasteiger partial charge is 0.306 e. The van der Waals surface area contributed by atoms with Crippen molar-refractivity contribution in [2.45, 2.75) is 96.5 Å². The van der Waals surface area contributed by atoms with Crippen molar-refractivity contribution < 1.29 is 14.3 Å². The summed E-state index contributed by atoms with van der Waals surface area (Å²) in [6.07, 6.45) is 17.6. The number of carbonyl (C=O) groups excluding carboxylic acids is 2. The van der Waals surface area contributed by atoms with Gasteiger partial charge in [-0.25, -0.2) is 0 Å². The summed E-state index contributed by atoms with van der Waals surface area (Å²) < 4.78 is 5.28. The second-order valence-electron chi connectivity index (χ2n) is 7.03. The molecule has 1 rings (SSSR count). The lowest BCUT2D eigenvalue weighted by Crippen LogP contribution is -2.04. The highest BCUT2D eigenvalue weighted by molar-refractivity contribution is 5.69. The van der Waals surface area contributed by atoms with Crippen molar-refractivity contribution in [1.82, 2.24) is 0 Å². The molecular formula is C23H35O3. The zero-order chi connectivity index (χ0) is 18.7. The van der Waals surface area contributed by atoms with Crippen molar-refractivity contribution in [3.05, 3.63) is 35.9 Å². The summed E-state index contributed by atoms with van der Waals surface area (Å²) in [5.74, 6) is -0.0834. The third-order valence-corrected chi connectivity index (χ3v) is 4.65. The molecule has 3 heteroatoms. The largest absolute Gasteiger partial charge is 0.461 e. The van der Waals surface area contributed by atoms with Crippen molar-refractivity contribution in [3.8, 4) is 0 Å². The van der Waals surface area contributed by atoms with Gasteiger partial charge < -0.3 is 4.74 Å². The van der Waals surface area contributed by atoms with Crippen LogP contribution >= 0.6 is 0 Å². The van der Waals surface area contributed by atoms with Crippen LogP contribution in [0.2, 0.25) is 0 Å². The maximum absolute atomic E-state index is 11.7. The van der Waals surface area contributed by atoms with Crippen molar-refractivity contribution in [2.24, 2.45) is 0 Å². The molecule has 0 aliphatic rings. The van der Waals surface area contributed by atoms with E-state index in [1.54, 1.807) is 0 Å². The number of hydrogen-bond acceptors (Lipinski definition) is 3. The second kappa shape index (κ2) is 16.8. The van der Waals surface area contributed by atoms with Gasteiger partial charge in [-0.2, -0.15) is 0 Å². The molecule has 0 heterocycles. The number of benzene rings is 1. The standard InChI is InChI=1S/C23H35O3/c24-20-16-11-9-7-5-3-1-2-4-6-8-10-15-19-23(25)26-21-22-17-13-12-14-18-22/h12-14,17-18H,1-11,15-16,19,21H2. The molecule has 26 heavy (non-hydrogen) atoms. The first-order chi connectivity index (χ1) is 12.8. The van der Waals surface area contributed by atoms with E-state index < -0.39 is 0 Å². The Kier molecular flexibility index (Phi) is 14.5. The Morgan fingerprint density at radius 1 is 0.731 bits per heavy atom. The predicted molar refractivity (Wildman–Crippen MR) is 107 cm³/mol. The van der Waals surface area contributed by atoms with Crippen LogP contribution < -0.4 is 0 Å². The summed E-state index contributed by atoms with van der Waals surface area (Å²) in [5.41, 5.74) is 1.04. The van der Waals surface area contributed by atoms with E-state index in [-0.39, 0.29) is 5.97 Å². The molecule has 1 aromatic rings. The van der Waals surface area contributed by atoms with Gasteiger partial charge in [-0.3, -0.25) is 9.59 Å². The van der Waals surface area contributed by atoms with E-state index in [2.05, 4.69) is 0 Å². The van der Waals surface area contributed by atoms with Gasteiger partial charge in [-0.1, -0.05) is 94.5 Å². The molecule has 0 bridgehead atoms. The zero-order valence-corrected chi connectivity index (χ0v) is 16.2. The maximum Gasteiger partial charge on any atom is 0.306 e. The molecule has 0 aliphatic heterocycles. The third-order valence-electron chi connectivity index (χ3n) is 4.65. The molecule has 1 radical (unpaired) electrons. The lowest BCUT2D eigenvalue weighted by molar-refractivity contribution is -0.145. The van der Waals surface area contributed by atoms with Crippen molar-refractivity contribution in [1.29, 1.82) is 0 Å². The van der Waals surface area contributed by atoms with E-state index in [0.717, 1.165) is 24.8 Å². The van der Waals surface area contributed by atoms with E-state index >= 15 is 0 Å². The molecule has 0 saturated carbocycles. The average molecular weight is 360 g/mol. The topological polar surface area (TPSA) is 43.4 Å². The minimum atomic E-state index is -0.0834.